The molecule has 0 heterocycles. The Bertz CT molecular complexity index is 317. The first-order valence-corrected chi connectivity index (χ1v) is 3.39. The van der Waals surface area contributed by atoms with Crippen LogP contribution >= 0.6 is 0 Å². The number of hydrogen-bond acceptors (Lipinski definition) is 3. The van der Waals surface area contributed by atoms with E-state index in [1.165, 1.54) is 0 Å². The number of anilines is 2. The van der Waals surface area contributed by atoms with E-state index in [1.54, 1.807) is 18.2 Å². The molecule has 62 valence electrons. The molecule has 0 bridgehead atoms. The van der Waals surface area contributed by atoms with Crippen molar-refractivity contribution in [3.8, 4) is 0 Å². The summed E-state index contributed by atoms with van der Waals surface area (Å²) in [5.41, 5.74) is 7.18. The quantitative estimate of drug-likeness (QED) is 0.348. The van der Waals surface area contributed by atoms with Gasteiger partial charge >= 0.3 is 0 Å². The smallest absolute Gasteiger partial charge is 0.189 e. The lowest BCUT2D eigenvalue weighted by Gasteiger charge is -2.05. The van der Waals surface area contributed by atoms with Gasteiger partial charge in [0.15, 0.2) is 5.69 Å². The maximum absolute atomic E-state index is 8.54. The molecule has 0 fully saturated rings. The number of aliphatic hydroxyl groups excluding tert-OH is 1. The SMILES string of the molecule is [C-]#[N+]c1ccc(NCO)c(N)c1. The fraction of sp³-hybridized carbons (Fsp3) is 0.125. The summed E-state index contributed by atoms with van der Waals surface area (Å²) in [6.45, 7) is 6.55. The molecule has 1 aromatic carbocycles. The van der Waals surface area contributed by atoms with Crippen molar-refractivity contribution in [1.82, 2.24) is 0 Å². The number of hydrogen-bond donors (Lipinski definition) is 3. The van der Waals surface area contributed by atoms with Crippen LogP contribution in [0.2, 0.25) is 0 Å². The Hall–Kier alpha value is -1.73. The number of benzene rings is 1. The zero-order valence-electron chi connectivity index (χ0n) is 6.41. The zero-order chi connectivity index (χ0) is 8.97. The van der Waals surface area contributed by atoms with E-state index in [4.69, 9.17) is 17.4 Å². The summed E-state index contributed by atoms with van der Waals surface area (Å²) in [6, 6.07) is 4.87. The van der Waals surface area contributed by atoms with Gasteiger partial charge in [0.2, 0.25) is 0 Å². The highest BCUT2D eigenvalue weighted by molar-refractivity contribution is 5.71. The maximum Gasteiger partial charge on any atom is 0.189 e. The molecule has 0 atom stereocenters. The average molecular weight is 163 g/mol. The van der Waals surface area contributed by atoms with Crippen LogP contribution in [0.15, 0.2) is 18.2 Å². The van der Waals surface area contributed by atoms with Crippen molar-refractivity contribution >= 4 is 17.1 Å². The van der Waals surface area contributed by atoms with Crippen LogP contribution in [0.3, 0.4) is 0 Å². The first kappa shape index (κ1) is 8.37. The summed E-state index contributed by atoms with van der Waals surface area (Å²) in [5, 5.41) is 11.2. The van der Waals surface area contributed by atoms with E-state index in [-0.39, 0.29) is 6.73 Å². The molecule has 0 unspecified atom stereocenters. The third-order valence-corrected chi connectivity index (χ3v) is 1.43. The molecule has 1 rings (SSSR count). The minimum absolute atomic E-state index is 0.165. The third kappa shape index (κ3) is 1.65. The predicted octanol–water partition coefficient (Wildman–Crippen LogP) is 1.18. The molecule has 0 saturated carbocycles. The lowest BCUT2D eigenvalue weighted by Crippen LogP contribution is -2.02. The van der Waals surface area contributed by atoms with Crippen molar-refractivity contribution in [1.29, 1.82) is 0 Å². The third-order valence-electron chi connectivity index (χ3n) is 1.43. The Morgan fingerprint density at radius 3 is 2.83 bits per heavy atom. The van der Waals surface area contributed by atoms with E-state index in [2.05, 4.69) is 10.2 Å². The Balaban J connectivity index is 2.97. The molecule has 4 heteroatoms. The molecule has 12 heavy (non-hydrogen) atoms. The van der Waals surface area contributed by atoms with Gasteiger partial charge in [0.05, 0.1) is 12.3 Å². The van der Waals surface area contributed by atoms with Crippen molar-refractivity contribution < 1.29 is 5.11 Å². The monoisotopic (exact) mass is 163 g/mol. The van der Waals surface area contributed by atoms with Crippen molar-refractivity contribution in [3.05, 3.63) is 29.6 Å². The average Bonchev–Trinajstić information content (AvgIpc) is 2.09. The van der Waals surface area contributed by atoms with Crippen LogP contribution in [0.4, 0.5) is 17.1 Å². The molecule has 0 aliphatic heterocycles. The normalized spacial score (nSPS) is 9.00. The molecule has 0 amide bonds. The minimum Gasteiger partial charge on any atom is -0.398 e. The van der Waals surface area contributed by atoms with Gasteiger partial charge in [-0.25, -0.2) is 4.85 Å². The number of nitrogens with zero attached hydrogens (tertiary/aromatic N) is 1. The van der Waals surface area contributed by atoms with Gasteiger partial charge in [-0.15, -0.1) is 0 Å². The lowest BCUT2D eigenvalue weighted by molar-refractivity contribution is 0.326. The van der Waals surface area contributed by atoms with Crippen molar-refractivity contribution in [2.45, 2.75) is 0 Å². The molecule has 1 aromatic rings. The summed E-state index contributed by atoms with van der Waals surface area (Å²) < 4.78 is 0. The molecule has 0 radical (unpaired) electrons. The zero-order valence-corrected chi connectivity index (χ0v) is 6.41. The van der Waals surface area contributed by atoms with E-state index < -0.39 is 0 Å². The Labute approximate surface area is 70.4 Å². The highest BCUT2D eigenvalue weighted by Crippen LogP contribution is 2.23. The van der Waals surface area contributed by atoms with E-state index in [0.717, 1.165) is 0 Å². The van der Waals surface area contributed by atoms with Crippen molar-refractivity contribution in [2.75, 3.05) is 17.8 Å². The molecule has 0 spiro atoms. The van der Waals surface area contributed by atoms with Gasteiger partial charge in [0.1, 0.15) is 6.73 Å². The summed E-state index contributed by atoms with van der Waals surface area (Å²) in [7, 11) is 0. The molecular weight excluding hydrogens is 154 g/mol. The second kappa shape index (κ2) is 3.60. The van der Waals surface area contributed by atoms with Crippen LogP contribution in [0.1, 0.15) is 0 Å². The first-order chi connectivity index (χ1) is 5.77. The minimum atomic E-state index is -0.165. The highest BCUT2D eigenvalue weighted by Gasteiger charge is 1.98. The number of nitrogen functional groups attached to an aromatic ring is 1. The second-order valence-corrected chi connectivity index (χ2v) is 2.22. The molecule has 4 nitrogen and oxygen atoms in total. The van der Waals surface area contributed by atoms with Crippen LogP contribution in [-0.4, -0.2) is 11.8 Å². The van der Waals surface area contributed by atoms with Gasteiger partial charge in [-0.05, 0) is 12.1 Å². The van der Waals surface area contributed by atoms with Gasteiger partial charge in [-0.3, -0.25) is 0 Å². The van der Waals surface area contributed by atoms with Crippen LogP contribution in [0, 0.1) is 6.57 Å². The van der Waals surface area contributed by atoms with Crippen molar-refractivity contribution in [3.63, 3.8) is 0 Å². The number of rotatable bonds is 2. The van der Waals surface area contributed by atoms with Crippen LogP contribution in [0.25, 0.3) is 4.85 Å². The summed E-state index contributed by atoms with van der Waals surface area (Å²) in [6.07, 6.45) is 0. The molecule has 4 N–H and O–H groups in total. The van der Waals surface area contributed by atoms with Gasteiger partial charge in [-0.1, -0.05) is 6.07 Å². The number of nitrogens with two attached hydrogens (primary N) is 1. The molecule has 0 aliphatic carbocycles. The van der Waals surface area contributed by atoms with E-state index in [0.29, 0.717) is 17.1 Å². The van der Waals surface area contributed by atoms with E-state index >= 15 is 0 Å². The van der Waals surface area contributed by atoms with Gasteiger partial charge in [0, 0.05) is 5.69 Å². The van der Waals surface area contributed by atoms with Gasteiger partial charge in [0.25, 0.3) is 0 Å². The van der Waals surface area contributed by atoms with Crippen LogP contribution < -0.4 is 11.1 Å². The topological polar surface area (TPSA) is 62.6 Å². The highest BCUT2D eigenvalue weighted by atomic mass is 16.3. The Kier molecular flexibility index (Phi) is 2.51. The standard InChI is InChI=1S/C8H9N3O/c1-10-6-2-3-8(11-5-12)7(9)4-6/h2-4,11-12H,5,9H2. The molecule has 0 saturated heterocycles. The Morgan fingerprint density at radius 1 is 1.58 bits per heavy atom. The fourth-order valence-electron chi connectivity index (χ4n) is 0.866. The molecule has 0 aromatic heterocycles. The van der Waals surface area contributed by atoms with E-state index in [1.807, 2.05) is 0 Å². The van der Waals surface area contributed by atoms with Crippen LogP contribution in [-0.2, 0) is 0 Å². The summed E-state index contributed by atoms with van der Waals surface area (Å²) >= 11 is 0. The second-order valence-electron chi connectivity index (χ2n) is 2.22. The maximum atomic E-state index is 8.54. The summed E-state index contributed by atoms with van der Waals surface area (Å²) in [4.78, 5) is 3.21. The fourth-order valence-corrected chi connectivity index (χ4v) is 0.866. The van der Waals surface area contributed by atoms with Gasteiger partial charge < -0.3 is 16.2 Å². The van der Waals surface area contributed by atoms with Gasteiger partial charge in [-0.2, -0.15) is 0 Å². The number of aliphatic hydroxyl groups is 1. The Morgan fingerprint density at radius 2 is 2.33 bits per heavy atom. The van der Waals surface area contributed by atoms with Crippen molar-refractivity contribution in [2.24, 2.45) is 0 Å². The summed E-state index contributed by atoms with van der Waals surface area (Å²) in [5.74, 6) is 0. The van der Waals surface area contributed by atoms with Crippen LogP contribution in [0.5, 0.6) is 0 Å². The molecular formula is C8H9N3O. The molecule has 0 aliphatic rings. The number of nitrogens with one attached hydrogen (secondary N) is 1. The lowest BCUT2D eigenvalue weighted by atomic mass is 10.2. The predicted molar refractivity (Wildman–Crippen MR) is 47.8 cm³/mol. The first-order valence-electron chi connectivity index (χ1n) is 3.39. The van der Waals surface area contributed by atoms with E-state index in [9.17, 15) is 0 Å². The largest absolute Gasteiger partial charge is 0.398 e.